The lowest BCUT2D eigenvalue weighted by Gasteiger charge is -2.28. The van der Waals surface area contributed by atoms with Crippen LogP contribution in [0.1, 0.15) is 37.7 Å². The van der Waals surface area contributed by atoms with E-state index in [9.17, 15) is 14.0 Å². The van der Waals surface area contributed by atoms with Gasteiger partial charge < -0.3 is 19.9 Å². The maximum atomic E-state index is 14.4. The molecule has 0 saturated carbocycles. The van der Waals surface area contributed by atoms with Crippen LogP contribution < -0.4 is 15.1 Å². The van der Waals surface area contributed by atoms with Crippen molar-refractivity contribution in [1.82, 2.24) is 4.98 Å². The molecule has 2 fully saturated rings. The van der Waals surface area contributed by atoms with Crippen LogP contribution in [0.5, 0.6) is 0 Å². The number of nitrogens with one attached hydrogen (secondary N) is 1. The number of hydrogen-bond donors (Lipinski definition) is 1. The molecule has 3 aliphatic heterocycles. The Morgan fingerprint density at radius 1 is 1.10 bits per heavy atom. The number of hydrogen-bond acceptors (Lipinski definition) is 6. The molecule has 0 spiro atoms. The summed E-state index contributed by atoms with van der Waals surface area (Å²) in [6.45, 7) is 3.71. The lowest BCUT2D eigenvalue weighted by atomic mass is 10.1. The number of ether oxygens (including phenoxy) is 1. The van der Waals surface area contributed by atoms with E-state index < -0.39 is 5.82 Å². The lowest BCUT2D eigenvalue weighted by Crippen LogP contribution is -2.38. The molecule has 202 valence electrons. The Kier molecular flexibility index (Phi) is 6.13. The number of carbonyl (C=O) groups is 2. The smallest absolute Gasteiger partial charge is 0.276 e. The first-order chi connectivity index (χ1) is 19.5. The molecule has 2 aromatic carbocycles. The number of pyridine rings is 1. The van der Waals surface area contributed by atoms with E-state index in [4.69, 9.17) is 9.72 Å². The average molecular weight is 555 g/mol. The molecule has 3 aliphatic rings. The Morgan fingerprint density at radius 2 is 1.95 bits per heavy atom. The van der Waals surface area contributed by atoms with Crippen molar-refractivity contribution in [2.24, 2.45) is 0 Å². The van der Waals surface area contributed by atoms with E-state index >= 15 is 0 Å². The molecule has 1 N–H and O–H groups in total. The second-order valence-corrected chi connectivity index (χ2v) is 11.5. The molecule has 0 aliphatic carbocycles. The van der Waals surface area contributed by atoms with Gasteiger partial charge in [-0.05, 0) is 61.2 Å². The number of morpholine rings is 1. The molecule has 4 aromatic rings. The van der Waals surface area contributed by atoms with E-state index in [1.54, 1.807) is 30.0 Å². The standard InChI is InChI=1S/C31H27FN4O3S/c1-18-6-4-8-23(32)28(18)34-30(37)26-14-19-12-13-35(25-10-3-2-7-22(25)29(19)40-26)31(38)24-9-5-11-27(33-24)36-16-21-15-20(36)17-39-21/h2-11,14,20-21H,12-13,15-17H2,1H3,(H,34,37)/t20-,21-/m0/s1. The highest BCUT2D eigenvalue weighted by Crippen LogP contribution is 2.42. The number of aromatic nitrogens is 1. The van der Waals surface area contributed by atoms with Crippen LogP contribution in [-0.4, -0.2) is 48.6 Å². The van der Waals surface area contributed by atoms with E-state index in [1.165, 1.54) is 17.4 Å². The molecule has 7 nitrogen and oxygen atoms in total. The number of fused-ring (bicyclic) bond motifs is 5. The van der Waals surface area contributed by atoms with Crippen molar-refractivity contribution in [2.45, 2.75) is 31.9 Å². The summed E-state index contributed by atoms with van der Waals surface area (Å²) in [5, 5.41) is 2.74. The topological polar surface area (TPSA) is 74.8 Å². The third-order valence-corrected chi connectivity index (χ3v) is 9.14. The Morgan fingerprint density at radius 3 is 2.75 bits per heavy atom. The highest BCUT2D eigenvalue weighted by Gasteiger charge is 2.40. The fourth-order valence-corrected chi connectivity index (χ4v) is 7.04. The molecule has 2 bridgehead atoms. The van der Waals surface area contributed by atoms with E-state index in [1.807, 2.05) is 42.5 Å². The predicted molar refractivity (Wildman–Crippen MR) is 154 cm³/mol. The number of anilines is 3. The highest BCUT2D eigenvalue weighted by molar-refractivity contribution is 7.17. The van der Waals surface area contributed by atoms with Gasteiger partial charge in [-0.25, -0.2) is 9.37 Å². The fourth-order valence-electron chi connectivity index (χ4n) is 5.91. The number of amides is 2. The van der Waals surface area contributed by atoms with Gasteiger partial charge >= 0.3 is 0 Å². The van der Waals surface area contributed by atoms with Crippen molar-refractivity contribution in [1.29, 1.82) is 0 Å². The van der Waals surface area contributed by atoms with Gasteiger partial charge in [0.25, 0.3) is 11.8 Å². The Bertz CT molecular complexity index is 1630. The number of benzene rings is 2. The first-order valence-electron chi connectivity index (χ1n) is 13.4. The summed E-state index contributed by atoms with van der Waals surface area (Å²) < 4.78 is 20.1. The van der Waals surface area contributed by atoms with Crippen LogP contribution >= 0.6 is 11.3 Å². The molecule has 2 amide bonds. The molecule has 9 heteroatoms. The van der Waals surface area contributed by atoms with Crippen molar-refractivity contribution in [3.8, 4) is 10.4 Å². The normalized spacial score (nSPS) is 19.2. The quantitative estimate of drug-likeness (QED) is 0.351. The van der Waals surface area contributed by atoms with Crippen LogP contribution in [0.4, 0.5) is 21.6 Å². The van der Waals surface area contributed by atoms with Crippen molar-refractivity contribution >= 4 is 40.3 Å². The van der Waals surface area contributed by atoms with E-state index in [0.29, 0.717) is 41.7 Å². The van der Waals surface area contributed by atoms with Crippen LogP contribution in [-0.2, 0) is 11.2 Å². The highest BCUT2D eigenvalue weighted by atomic mass is 32.1. The molecule has 2 aromatic heterocycles. The minimum atomic E-state index is -0.464. The lowest BCUT2D eigenvalue weighted by molar-refractivity contribution is 0.0978. The molecule has 2 atom stereocenters. The molecule has 0 unspecified atom stereocenters. The number of halogens is 1. The van der Waals surface area contributed by atoms with Crippen LogP contribution in [0.25, 0.3) is 10.4 Å². The molecular weight excluding hydrogens is 527 g/mol. The second kappa shape index (κ2) is 9.83. The minimum absolute atomic E-state index is 0.155. The van der Waals surface area contributed by atoms with Crippen LogP contribution in [0.2, 0.25) is 0 Å². The van der Waals surface area contributed by atoms with Gasteiger partial charge in [0.1, 0.15) is 17.3 Å². The van der Waals surface area contributed by atoms with Gasteiger partial charge in [-0.1, -0.05) is 36.4 Å². The third-order valence-electron chi connectivity index (χ3n) is 7.93. The molecule has 2 saturated heterocycles. The zero-order chi connectivity index (χ0) is 27.4. The van der Waals surface area contributed by atoms with E-state index in [-0.39, 0.29) is 23.6 Å². The van der Waals surface area contributed by atoms with Gasteiger partial charge in [-0.3, -0.25) is 9.59 Å². The number of carbonyl (C=O) groups excluding carboxylic acids is 2. The van der Waals surface area contributed by atoms with Crippen molar-refractivity contribution in [2.75, 3.05) is 34.8 Å². The van der Waals surface area contributed by atoms with Crippen molar-refractivity contribution < 1.29 is 18.7 Å². The van der Waals surface area contributed by atoms with Crippen LogP contribution in [0, 0.1) is 12.7 Å². The van der Waals surface area contributed by atoms with Crippen molar-refractivity contribution in [3.63, 3.8) is 0 Å². The summed E-state index contributed by atoms with van der Waals surface area (Å²) in [4.78, 5) is 37.3. The summed E-state index contributed by atoms with van der Waals surface area (Å²) in [7, 11) is 0. The molecule has 5 heterocycles. The van der Waals surface area contributed by atoms with E-state index in [0.717, 1.165) is 40.5 Å². The summed E-state index contributed by atoms with van der Waals surface area (Å²) >= 11 is 1.36. The fraction of sp³-hybridized carbons (Fsp3) is 0.258. The van der Waals surface area contributed by atoms with Gasteiger partial charge in [0.05, 0.1) is 35.0 Å². The van der Waals surface area contributed by atoms with E-state index in [2.05, 4.69) is 10.2 Å². The Hall–Kier alpha value is -4.08. The van der Waals surface area contributed by atoms with Gasteiger partial charge in [-0.15, -0.1) is 11.3 Å². The third kappa shape index (κ3) is 4.26. The first-order valence-corrected chi connectivity index (χ1v) is 14.2. The van der Waals surface area contributed by atoms with Crippen LogP contribution in [0.15, 0.2) is 66.7 Å². The SMILES string of the molecule is Cc1cccc(F)c1NC(=O)c1cc2c(s1)-c1ccccc1N(C(=O)c1cccc(N3C[C@@H]4C[C@H]3CO4)n1)CC2. The summed E-state index contributed by atoms with van der Waals surface area (Å²) in [5.41, 5.74) is 3.91. The maximum absolute atomic E-state index is 14.4. The largest absolute Gasteiger partial charge is 0.374 e. The maximum Gasteiger partial charge on any atom is 0.276 e. The van der Waals surface area contributed by atoms with Gasteiger partial charge in [-0.2, -0.15) is 0 Å². The average Bonchev–Trinajstić information content (AvgIpc) is 3.70. The van der Waals surface area contributed by atoms with Crippen LogP contribution in [0.3, 0.4) is 0 Å². The minimum Gasteiger partial charge on any atom is -0.374 e. The van der Waals surface area contributed by atoms with Gasteiger partial charge in [0.15, 0.2) is 0 Å². The molecular formula is C31H27FN4O3S. The summed E-state index contributed by atoms with van der Waals surface area (Å²) in [6, 6.07) is 20.3. The second-order valence-electron chi connectivity index (χ2n) is 10.5. The summed E-state index contributed by atoms with van der Waals surface area (Å²) in [6.07, 6.45) is 1.82. The number of thiophene rings is 1. The Balaban J connectivity index is 1.18. The number of aryl methyl sites for hydroxylation is 1. The number of nitrogens with zero attached hydrogens (tertiary/aromatic N) is 3. The predicted octanol–water partition coefficient (Wildman–Crippen LogP) is 5.69. The number of para-hydroxylation sites is 2. The van der Waals surface area contributed by atoms with Gasteiger partial charge in [0, 0.05) is 23.5 Å². The van der Waals surface area contributed by atoms with Gasteiger partial charge in [0.2, 0.25) is 0 Å². The molecule has 7 rings (SSSR count). The zero-order valence-electron chi connectivity index (χ0n) is 21.9. The molecule has 0 radical (unpaired) electrons. The Labute approximate surface area is 235 Å². The number of rotatable bonds is 4. The monoisotopic (exact) mass is 554 g/mol. The first kappa shape index (κ1) is 24.9. The molecule has 40 heavy (non-hydrogen) atoms. The summed E-state index contributed by atoms with van der Waals surface area (Å²) in [5.74, 6) is -0.157. The zero-order valence-corrected chi connectivity index (χ0v) is 22.7. The van der Waals surface area contributed by atoms with Crippen molar-refractivity contribution in [3.05, 3.63) is 94.2 Å².